The third-order valence-electron chi connectivity index (χ3n) is 12.1. The minimum absolute atomic E-state index is 1.10. The monoisotopic (exact) mass is 736 g/mol. The van der Waals surface area contributed by atoms with E-state index in [9.17, 15) is 0 Å². The van der Waals surface area contributed by atoms with Gasteiger partial charge in [0.1, 0.15) is 0 Å². The Kier molecular flexibility index (Phi) is 7.26. The standard InChI is InChI=1S/C56H36N2/c1-3-17-37(18-4-1)42-23-9-12-29-49(42)57(52-32-16-28-48-55(52)47-27-15-22-40-35-39-21-7-8-25-44(39)56(48)54(40)47)41-33-34-46-45-26-11-14-31-51(45)58(53(46)36-41)50-30-13-10-24-43(50)38-19-5-2-6-20-38/h1-36H. The first-order chi connectivity index (χ1) is 28.8. The topological polar surface area (TPSA) is 8.17 Å². The molecule has 0 saturated heterocycles. The normalized spacial score (nSPS) is 11.8. The lowest BCUT2D eigenvalue weighted by Gasteiger charge is -2.30. The molecule has 0 saturated carbocycles. The van der Waals surface area contributed by atoms with Gasteiger partial charge in [-0.3, -0.25) is 0 Å². The van der Waals surface area contributed by atoms with Gasteiger partial charge in [0.2, 0.25) is 0 Å². The van der Waals surface area contributed by atoms with Gasteiger partial charge in [0.25, 0.3) is 0 Å². The Bertz CT molecular complexity index is 3390. The molecule has 0 bridgehead atoms. The smallest absolute Gasteiger partial charge is 0.0562 e. The molecule has 11 aromatic rings. The molecule has 1 heterocycles. The molecule has 0 fully saturated rings. The van der Waals surface area contributed by atoms with Gasteiger partial charge in [-0.05, 0) is 91.8 Å². The van der Waals surface area contributed by atoms with E-state index in [-0.39, 0.29) is 0 Å². The van der Waals surface area contributed by atoms with Crippen LogP contribution in [-0.2, 0) is 0 Å². The molecule has 0 amide bonds. The van der Waals surface area contributed by atoms with Crippen molar-refractivity contribution >= 4 is 60.4 Å². The highest BCUT2D eigenvalue weighted by Crippen LogP contribution is 2.56. The zero-order valence-electron chi connectivity index (χ0n) is 31.7. The second-order valence-electron chi connectivity index (χ2n) is 15.2. The van der Waals surface area contributed by atoms with Crippen molar-refractivity contribution in [3.05, 3.63) is 218 Å². The van der Waals surface area contributed by atoms with E-state index >= 15 is 0 Å². The van der Waals surface area contributed by atoms with Crippen LogP contribution >= 0.6 is 0 Å². The predicted octanol–water partition coefficient (Wildman–Crippen LogP) is 15.5. The first kappa shape index (κ1) is 32.6. The van der Waals surface area contributed by atoms with Crippen LogP contribution in [0.4, 0.5) is 17.1 Å². The van der Waals surface area contributed by atoms with Crippen LogP contribution in [0.25, 0.3) is 93.5 Å². The van der Waals surface area contributed by atoms with Crippen LogP contribution in [0.15, 0.2) is 218 Å². The van der Waals surface area contributed by atoms with Gasteiger partial charge in [-0.2, -0.15) is 0 Å². The number of benzene rings is 10. The van der Waals surface area contributed by atoms with E-state index in [2.05, 4.69) is 228 Å². The van der Waals surface area contributed by atoms with Gasteiger partial charge in [-0.15, -0.1) is 0 Å². The summed E-state index contributed by atoms with van der Waals surface area (Å²) < 4.78 is 2.47. The number of hydrogen-bond donors (Lipinski definition) is 0. The lowest BCUT2D eigenvalue weighted by atomic mass is 9.95. The molecule has 58 heavy (non-hydrogen) atoms. The van der Waals surface area contributed by atoms with Crippen molar-refractivity contribution in [1.29, 1.82) is 0 Å². The maximum Gasteiger partial charge on any atom is 0.0562 e. The Morgan fingerprint density at radius 1 is 0.328 bits per heavy atom. The van der Waals surface area contributed by atoms with Gasteiger partial charge in [-0.1, -0.05) is 176 Å². The fraction of sp³-hybridized carbons (Fsp3) is 0. The SMILES string of the molecule is c1ccc(-c2ccccc2N(c2ccc3c4ccccc4n(-c4ccccc4-c4ccccc4)c3c2)c2cccc3c2-c2cccc4cc5ccccc5c-3c24)cc1. The Morgan fingerprint density at radius 2 is 0.914 bits per heavy atom. The molecule has 1 aromatic heterocycles. The third kappa shape index (κ3) is 4.85. The van der Waals surface area contributed by atoms with E-state index < -0.39 is 0 Å². The maximum absolute atomic E-state index is 2.51. The van der Waals surface area contributed by atoms with Gasteiger partial charge >= 0.3 is 0 Å². The highest BCUT2D eigenvalue weighted by atomic mass is 15.2. The van der Waals surface area contributed by atoms with Crippen molar-refractivity contribution < 1.29 is 0 Å². The summed E-state index contributed by atoms with van der Waals surface area (Å²) in [5.74, 6) is 0. The molecule has 2 nitrogen and oxygen atoms in total. The first-order valence-corrected chi connectivity index (χ1v) is 20.0. The first-order valence-electron chi connectivity index (χ1n) is 20.0. The van der Waals surface area contributed by atoms with Gasteiger partial charge in [-0.25, -0.2) is 0 Å². The Labute approximate surface area is 337 Å². The second-order valence-corrected chi connectivity index (χ2v) is 15.2. The zero-order chi connectivity index (χ0) is 38.2. The van der Waals surface area contributed by atoms with E-state index in [1.54, 1.807) is 0 Å². The molecule has 0 atom stereocenters. The van der Waals surface area contributed by atoms with Crippen molar-refractivity contribution in [2.24, 2.45) is 0 Å². The van der Waals surface area contributed by atoms with E-state index in [1.165, 1.54) is 82.3 Å². The van der Waals surface area contributed by atoms with Crippen molar-refractivity contribution in [2.45, 2.75) is 0 Å². The molecule has 0 N–H and O–H groups in total. The Hall–Kier alpha value is -7.68. The van der Waals surface area contributed by atoms with E-state index in [1.807, 2.05) is 0 Å². The summed E-state index contributed by atoms with van der Waals surface area (Å²) in [6.07, 6.45) is 0. The summed E-state index contributed by atoms with van der Waals surface area (Å²) in [5.41, 5.74) is 16.8. The number of aromatic nitrogens is 1. The van der Waals surface area contributed by atoms with Crippen molar-refractivity contribution in [2.75, 3.05) is 4.90 Å². The number of rotatable bonds is 6. The Balaban J connectivity index is 1.17. The van der Waals surface area contributed by atoms with Crippen molar-refractivity contribution in [3.63, 3.8) is 0 Å². The predicted molar refractivity (Wildman–Crippen MR) is 246 cm³/mol. The summed E-state index contributed by atoms with van der Waals surface area (Å²) in [6, 6.07) is 80.0. The van der Waals surface area contributed by atoms with Crippen LogP contribution in [-0.4, -0.2) is 4.57 Å². The number of hydrogen-bond acceptors (Lipinski definition) is 1. The average Bonchev–Trinajstić information content (AvgIpc) is 3.81. The van der Waals surface area contributed by atoms with Gasteiger partial charge in [0.05, 0.1) is 28.1 Å². The molecule has 0 radical (unpaired) electrons. The molecule has 0 aliphatic heterocycles. The summed E-state index contributed by atoms with van der Waals surface area (Å²) in [5, 5.41) is 7.61. The van der Waals surface area contributed by atoms with E-state index in [0.717, 1.165) is 28.3 Å². The second kappa shape index (κ2) is 12.9. The molecule has 12 rings (SSSR count). The molecule has 0 unspecified atom stereocenters. The third-order valence-corrected chi connectivity index (χ3v) is 12.1. The molecule has 0 spiro atoms. The van der Waals surface area contributed by atoms with Gasteiger partial charge in [0.15, 0.2) is 0 Å². The van der Waals surface area contributed by atoms with Crippen LogP contribution in [0.2, 0.25) is 0 Å². The number of nitrogens with zero attached hydrogens (tertiary/aromatic N) is 2. The van der Waals surface area contributed by atoms with Crippen LogP contribution in [0.1, 0.15) is 0 Å². The Morgan fingerprint density at radius 3 is 1.76 bits per heavy atom. The minimum atomic E-state index is 1.10. The zero-order valence-corrected chi connectivity index (χ0v) is 31.7. The van der Waals surface area contributed by atoms with Crippen LogP contribution < -0.4 is 4.90 Å². The lowest BCUT2D eigenvalue weighted by molar-refractivity contribution is 1.18. The highest BCUT2D eigenvalue weighted by molar-refractivity contribution is 6.26. The molecular formula is C56H36N2. The molecule has 270 valence electrons. The number of para-hydroxylation sites is 3. The maximum atomic E-state index is 2.51. The average molecular weight is 737 g/mol. The molecular weight excluding hydrogens is 701 g/mol. The molecule has 2 heteroatoms. The quantitative estimate of drug-likeness (QED) is 0.154. The fourth-order valence-corrected chi connectivity index (χ4v) is 9.65. The fourth-order valence-electron chi connectivity index (χ4n) is 9.65. The van der Waals surface area contributed by atoms with Crippen molar-refractivity contribution in [1.82, 2.24) is 4.57 Å². The van der Waals surface area contributed by atoms with Crippen LogP contribution in [0, 0.1) is 0 Å². The number of anilines is 3. The molecule has 1 aliphatic carbocycles. The van der Waals surface area contributed by atoms with Gasteiger partial charge < -0.3 is 9.47 Å². The van der Waals surface area contributed by atoms with E-state index in [0.29, 0.717) is 0 Å². The molecule has 1 aliphatic rings. The summed E-state index contributed by atoms with van der Waals surface area (Å²) in [7, 11) is 0. The largest absolute Gasteiger partial charge is 0.309 e. The number of fused-ring (bicyclic) bond motifs is 8. The highest BCUT2D eigenvalue weighted by Gasteiger charge is 2.30. The summed E-state index contributed by atoms with van der Waals surface area (Å²) >= 11 is 0. The lowest BCUT2D eigenvalue weighted by Crippen LogP contribution is -2.12. The summed E-state index contributed by atoms with van der Waals surface area (Å²) in [4.78, 5) is 2.51. The van der Waals surface area contributed by atoms with Gasteiger partial charge in [0, 0.05) is 33.2 Å². The van der Waals surface area contributed by atoms with Crippen LogP contribution in [0.5, 0.6) is 0 Å². The van der Waals surface area contributed by atoms with E-state index in [4.69, 9.17) is 0 Å². The van der Waals surface area contributed by atoms with Crippen molar-refractivity contribution in [3.8, 4) is 50.2 Å². The molecule has 10 aromatic carbocycles. The van der Waals surface area contributed by atoms with Crippen LogP contribution in [0.3, 0.4) is 0 Å². The summed E-state index contributed by atoms with van der Waals surface area (Å²) in [6.45, 7) is 0. The minimum Gasteiger partial charge on any atom is -0.309 e.